The third-order valence-electron chi connectivity index (χ3n) is 3.28. The molecule has 0 saturated carbocycles. The van der Waals surface area contributed by atoms with Crippen LogP contribution in [0.15, 0.2) is 60.7 Å². The number of hydrogen-bond donors (Lipinski definition) is 1. The number of ketones is 1. The summed E-state index contributed by atoms with van der Waals surface area (Å²) in [5, 5.41) is 8.40. The van der Waals surface area contributed by atoms with Gasteiger partial charge in [-0.1, -0.05) is 35.3 Å². The van der Waals surface area contributed by atoms with Gasteiger partial charge in [0.1, 0.15) is 0 Å². The lowest BCUT2D eigenvalue weighted by molar-refractivity contribution is 0.104. The minimum absolute atomic E-state index is 0.0932. The highest BCUT2D eigenvalue weighted by molar-refractivity contribution is 6.31. The van der Waals surface area contributed by atoms with Crippen molar-refractivity contribution in [2.75, 3.05) is 0 Å². The van der Waals surface area contributed by atoms with Gasteiger partial charge >= 0.3 is 0 Å². The maximum atomic E-state index is 12.1. The first-order valence-corrected chi connectivity index (χ1v) is 7.67. The Kier molecular flexibility index (Phi) is 4.60. The normalized spacial score (nSPS) is 11.0. The Hall–Kier alpha value is -2.36. The van der Waals surface area contributed by atoms with Gasteiger partial charge in [0.05, 0.1) is 11.4 Å². The van der Waals surface area contributed by atoms with Crippen LogP contribution in [-0.4, -0.2) is 16.0 Å². The van der Waals surface area contributed by atoms with E-state index in [1.54, 1.807) is 30.3 Å². The van der Waals surface area contributed by atoms with Crippen LogP contribution in [0, 0.1) is 0 Å². The molecule has 0 radical (unpaired) electrons. The number of H-pyrrole nitrogens is 1. The molecule has 1 N–H and O–H groups in total. The molecule has 0 aliphatic rings. The Morgan fingerprint density at radius 1 is 0.957 bits per heavy atom. The van der Waals surface area contributed by atoms with Crippen molar-refractivity contribution >= 4 is 35.1 Å². The van der Waals surface area contributed by atoms with Crippen LogP contribution in [0.1, 0.15) is 16.1 Å². The molecule has 1 aromatic heterocycles. The van der Waals surface area contributed by atoms with Crippen LogP contribution >= 0.6 is 23.2 Å². The van der Waals surface area contributed by atoms with Gasteiger partial charge in [-0.2, -0.15) is 5.10 Å². The average molecular weight is 343 g/mol. The average Bonchev–Trinajstić information content (AvgIpc) is 3.03. The summed E-state index contributed by atoms with van der Waals surface area (Å²) < 4.78 is 0. The van der Waals surface area contributed by atoms with E-state index >= 15 is 0 Å². The molecule has 0 saturated heterocycles. The third kappa shape index (κ3) is 3.89. The molecular formula is C18H12Cl2N2O. The molecule has 1 heterocycles. The summed E-state index contributed by atoms with van der Waals surface area (Å²) in [6, 6.07) is 16.1. The molecule has 0 bridgehead atoms. The molecule has 23 heavy (non-hydrogen) atoms. The molecule has 0 unspecified atom stereocenters. The van der Waals surface area contributed by atoms with Crippen molar-refractivity contribution in [3.63, 3.8) is 0 Å². The Morgan fingerprint density at radius 2 is 1.57 bits per heavy atom. The fraction of sp³-hybridized carbons (Fsp3) is 0. The molecule has 114 valence electrons. The molecule has 0 amide bonds. The van der Waals surface area contributed by atoms with Crippen molar-refractivity contribution in [3.05, 3.63) is 82.0 Å². The smallest absolute Gasteiger partial charge is 0.185 e. The lowest BCUT2D eigenvalue weighted by Gasteiger charge is -1.95. The van der Waals surface area contributed by atoms with Crippen molar-refractivity contribution in [1.82, 2.24) is 10.2 Å². The third-order valence-corrected chi connectivity index (χ3v) is 3.78. The van der Waals surface area contributed by atoms with Crippen LogP contribution in [0.5, 0.6) is 0 Å². The Labute approximate surface area is 143 Å². The van der Waals surface area contributed by atoms with Crippen molar-refractivity contribution in [2.45, 2.75) is 0 Å². The number of halogens is 2. The lowest BCUT2D eigenvalue weighted by Crippen LogP contribution is -1.93. The van der Waals surface area contributed by atoms with Crippen molar-refractivity contribution in [1.29, 1.82) is 0 Å². The van der Waals surface area contributed by atoms with Crippen molar-refractivity contribution in [3.8, 4) is 11.3 Å². The van der Waals surface area contributed by atoms with Crippen LogP contribution in [0.4, 0.5) is 0 Å². The number of nitrogens with one attached hydrogen (secondary N) is 1. The van der Waals surface area contributed by atoms with Crippen LogP contribution in [0.25, 0.3) is 17.3 Å². The molecule has 0 atom stereocenters. The number of aromatic nitrogens is 2. The molecule has 0 aliphatic carbocycles. The number of aromatic amines is 1. The second-order valence-electron chi connectivity index (χ2n) is 4.92. The van der Waals surface area contributed by atoms with E-state index in [0.29, 0.717) is 15.6 Å². The first-order chi connectivity index (χ1) is 11.1. The van der Waals surface area contributed by atoms with E-state index in [1.165, 1.54) is 6.08 Å². The van der Waals surface area contributed by atoms with E-state index < -0.39 is 0 Å². The van der Waals surface area contributed by atoms with E-state index in [0.717, 1.165) is 17.0 Å². The second-order valence-corrected chi connectivity index (χ2v) is 5.79. The van der Waals surface area contributed by atoms with E-state index in [4.69, 9.17) is 23.2 Å². The highest BCUT2D eigenvalue weighted by Gasteiger charge is 2.04. The summed E-state index contributed by atoms with van der Waals surface area (Å²) in [4.78, 5) is 12.1. The minimum Gasteiger partial charge on any atom is -0.289 e. The lowest BCUT2D eigenvalue weighted by atomic mass is 10.1. The number of carbonyl (C=O) groups excluding carboxylic acids is 1. The van der Waals surface area contributed by atoms with Crippen LogP contribution < -0.4 is 0 Å². The van der Waals surface area contributed by atoms with E-state index in [9.17, 15) is 4.79 Å². The van der Waals surface area contributed by atoms with Gasteiger partial charge in [0.2, 0.25) is 0 Å². The summed E-state index contributed by atoms with van der Waals surface area (Å²) in [6.45, 7) is 0. The summed E-state index contributed by atoms with van der Waals surface area (Å²) >= 11 is 11.7. The second kappa shape index (κ2) is 6.82. The van der Waals surface area contributed by atoms with Gasteiger partial charge in [-0.05, 0) is 54.6 Å². The summed E-state index contributed by atoms with van der Waals surface area (Å²) in [7, 11) is 0. The molecule has 3 rings (SSSR count). The number of carbonyl (C=O) groups is 1. The zero-order valence-corrected chi connectivity index (χ0v) is 13.5. The van der Waals surface area contributed by atoms with Gasteiger partial charge in [-0.15, -0.1) is 0 Å². The Balaban J connectivity index is 1.74. The Bertz CT molecular complexity index is 849. The highest BCUT2D eigenvalue weighted by Crippen LogP contribution is 2.20. The van der Waals surface area contributed by atoms with Gasteiger partial charge in [0.25, 0.3) is 0 Å². The topological polar surface area (TPSA) is 45.8 Å². The van der Waals surface area contributed by atoms with E-state index in [2.05, 4.69) is 10.2 Å². The number of rotatable bonds is 4. The van der Waals surface area contributed by atoms with E-state index in [-0.39, 0.29) is 5.78 Å². The van der Waals surface area contributed by atoms with Crippen molar-refractivity contribution in [2.24, 2.45) is 0 Å². The standard InChI is InChI=1S/C18H12Cl2N2O/c19-14-5-1-12(2-6-14)17-11-16(21-22-17)9-10-18(23)13-3-7-15(20)8-4-13/h1-11H,(H,21,22). The maximum absolute atomic E-state index is 12.1. The van der Waals surface area contributed by atoms with Gasteiger partial charge in [0.15, 0.2) is 5.78 Å². The maximum Gasteiger partial charge on any atom is 0.185 e. The van der Waals surface area contributed by atoms with Gasteiger partial charge in [0, 0.05) is 21.2 Å². The summed E-state index contributed by atoms with van der Waals surface area (Å²) in [5.74, 6) is -0.0932. The Morgan fingerprint density at radius 3 is 2.22 bits per heavy atom. The minimum atomic E-state index is -0.0932. The SMILES string of the molecule is O=C(C=Cc1cc(-c2ccc(Cl)cc2)n[nH]1)c1ccc(Cl)cc1. The van der Waals surface area contributed by atoms with Gasteiger partial charge in [-0.25, -0.2) is 0 Å². The first-order valence-electron chi connectivity index (χ1n) is 6.91. The zero-order chi connectivity index (χ0) is 16.2. The summed E-state index contributed by atoms with van der Waals surface area (Å²) in [6.07, 6.45) is 3.20. The largest absolute Gasteiger partial charge is 0.289 e. The van der Waals surface area contributed by atoms with Crippen LogP contribution in [0.3, 0.4) is 0 Å². The number of benzene rings is 2. The van der Waals surface area contributed by atoms with Crippen LogP contribution in [-0.2, 0) is 0 Å². The number of nitrogens with zero attached hydrogens (tertiary/aromatic N) is 1. The van der Waals surface area contributed by atoms with Crippen LogP contribution in [0.2, 0.25) is 10.0 Å². The zero-order valence-electron chi connectivity index (χ0n) is 12.0. The van der Waals surface area contributed by atoms with E-state index in [1.807, 2.05) is 30.3 Å². The molecule has 0 fully saturated rings. The van der Waals surface area contributed by atoms with Gasteiger partial charge < -0.3 is 0 Å². The van der Waals surface area contributed by atoms with Crippen molar-refractivity contribution < 1.29 is 4.79 Å². The number of hydrogen-bond acceptors (Lipinski definition) is 2. The molecule has 2 aromatic carbocycles. The molecule has 0 aliphatic heterocycles. The number of allylic oxidation sites excluding steroid dienone is 1. The molecular weight excluding hydrogens is 331 g/mol. The highest BCUT2D eigenvalue weighted by atomic mass is 35.5. The predicted octanol–water partition coefficient (Wildman–Crippen LogP) is 5.28. The monoisotopic (exact) mass is 342 g/mol. The quantitative estimate of drug-likeness (QED) is 0.517. The molecule has 3 aromatic rings. The fourth-order valence-electron chi connectivity index (χ4n) is 2.07. The molecule has 0 spiro atoms. The first kappa shape index (κ1) is 15.5. The van der Waals surface area contributed by atoms with Gasteiger partial charge in [-0.3, -0.25) is 9.89 Å². The molecule has 5 heteroatoms. The fourth-order valence-corrected chi connectivity index (χ4v) is 2.32. The summed E-state index contributed by atoms with van der Waals surface area (Å²) in [5.41, 5.74) is 3.08. The molecule has 3 nitrogen and oxygen atoms in total. The predicted molar refractivity (Wildman–Crippen MR) is 93.9 cm³/mol.